The van der Waals surface area contributed by atoms with Gasteiger partial charge in [-0.25, -0.2) is 8.42 Å². The zero-order chi connectivity index (χ0) is 28.1. The van der Waals surface area contributed by atoms with E-state index in [2.05, 4.69) is 10.6 Å². The third-order valence-corrected chi connectivity index (χ3v) is 8.04. The highest BCUT2D eigenvalue weighted by molar-refractivity contribution is 7.89. The number of hydrogen-bond donors (Lipinski definition) is 2. The van der Waals surface area contributed by atoms with Crippen LogP contribution < -0.4 is 20.1 Å². The van der Waals surface area contributed by atoms with Crippen LogP contribution in [0.2, 0.25) is 0 Å². The van der Waals surface area contributed by atoms with Crippen LogP contribution in [0, 0.1) is 0 Å². The second-order valence-corrected chi connectivity index (χ2v) is 10.8. The summed E-state index contributed by atoms with van der Waals surface area (Å²) in [6.07, 6.45) is -4.00. The van der Waals surface area contributed by atoms with Gasteiger partial charge in [0.15, 0.2) is 0 Å². The average molecular weight is 558 g/mol. The molecule has 0 aromatic heterocycles. The monoisotopic (exact) mass is 557 g/mol. The second-order valence-electron chi connectivity index (χ2n) is 8.89. The molecule has 9 nitrogen and oxygen atoms in total. The van der Waals surface area contributed by atoms with Crippen molar-refractivity contribution >= 4 is 21.8 Å². The number of nitrogens with one attached hydrogen (secondary N) is 2. The minimum absolute atomic E-state index is 0.0153. The molecule has 0 aliphatic carbocycles. The molecule has 1 heterocycles. The van der Waals surface area contributed by atoms with Gasteiger partial charge in [-0.3, -0.25) is 9.59 Å². The molecule has 2 aromatic rings. The van der Waals surface area contributed by atoms with Crippen molar-refractivity contribution in [2.75, 3.05) is 27.3 Å². The summed E-state index contributed by atoms with van der Waals surface area (Å²) in [5.41, 5.74) is -0.351. The van der Waals surface area contributed by atoms with Crippen LogP contribution in [0.15, 0.2) is 47.4 Å². The Kier molecular flexibility index (Phi) is 9.26. The highest BCUT2D eigenvalue weighted by atomic mass is 32.2. The van der Waals surface area contributed by atoms with Crippen LogP contribution in [-0.4, -0.2) is 63.9 Å². The van der Waals surface area contributed by atoms with Crippen molar-refractivity contribution < 1.29 is 40.7 Å². The van der Waals surface area contributed by atoms with E-state index in [0.29, 0.717) is 23.1 Å². The van der Waals surface area contributed by atoms with Crippen molar-refractivity contribution in [3.05, 3.63) is 53.6 Å². The van der Waals surface area contributed by atoms with Crippen LogP contribution in [0.4, 0.5) is 13.2 Å². The number of hydrogen-bond acceptors (Lipinski definition) is 6. The fraction of sp³-hybridized carbons (Fsp3) is 0.440. The molecule has 2 amide bonds. The molecule has 0 saturated carbocycles. The van der Waals surface area contributed by atoms with Gasteiger partial charge >= 0.3 is 6.18 Å². The lowest BCUT2D eigenvalue weighted by Gasteiger charge is -2.32. The van der Waals surface area contributed by atoms with E-state index in [1.54, 1.807) is 18.2 Å². The molecule has 1 aliphatic rings. The Labute approximate surface area is 219 Å². The number of halogens is 3. The van der Waals surface area contributed by atoms with E-state index >= 15 is 0 Å². The van der Waals surface area contributed by atoms with Crippen molar-refractivity contribution in [3.8, 4) is 11.5 Å². The standard InChI is InChI=1S/C25H30F3N3O6S/c1-16(32)29-23(13-17-11-20(36-2)15-21(12-17)37-3)24(33)30-19-7-9-31(10-8-19)38(34,35)22-6-4-5-18(14-22)25(26,27)28/h4-6,11-12,14-15,19,23H,7-10,13H2,1-3H3,(H,29,32)(H,30,33). The molecule has 0 bridgehead atoms. The number of nitrogens with zero attached hydrogens (tertiary/aromatic N) is 1. The lowest BCUT2D eigenvalue weighted by Crippen LogP contribution is -2.53. The maximum Gasteiger partial charge on any atom is 0.416 e. The molecular weight excluding hydrogens is 527 g/mol. The molecule has 3 rings (SSSR count). The minimum Gasteiger partial charge on any atom is -0.497 e. The van der Waals surface area contributed by atoms with Crippen LogP contribution in [0.25, 0.3) is 0 Å². The average Bonchev–Trinajstić information content (AvgIpc) is 2.87. The summed E-state index contributed by atoms with van der Waals surface area (Å²) in [6.45, 7) is 1.33. The first kappa shape index (κ1) is 29.2. The summed E-state index contributed by atoms with van der Waals surface area (Å²) < 4.78 is 76.6. The van der Waals surface area contributed by atoms with Gasteiger partial charge in [0.1, 0.15) is 17.5 Å². The first-order chi connectivity index (χ1) is 17.8. The Morgan fingerprint density at radius 3 is 2.18 bits per heavy atom. The number of amides is 2. The quantitative estimate of drug-likeness (QED) is 0.490. The fourth-order valence-corrected chi connectivity index (χ4v) is 5.71. The van der Waals surface area contributed by atoms with E-state index in [0.717, 1.165) is 22.5 Å². The van der Waals surface area contributed by atoms with E-state index in [-0.39, 0.29) is 38.4 Å². The number of carbonyl (C=O) groups is 2. The van der Waals surface area contributed by atoms with E-state index in [4.69, 9.17) is 9.47 Å². The molecule has 1 saturated heterocycles. The summed E-state index contributed by atoms with van der Waals surface area (Å²) in [5.74, 6) is 0.203. The van der Waals surface area contributed by atoms with Crippen molar-refractivity contribution in [2.24, 2.45) is 0 Å². The van der Waals surface area contributed by atoms with Gasteiger partial charge in [-0.2, -0.15) is 17.5 Å². The van der Waals surface area contributed by atoms with E-state index < -0.39 is 44.5 Å². The maximum atomic E-state index is 13.1. The van der Waals surface area contributed by atoms with Crippen molar-refractivity contribution in [1.82, 2.24) is 14.9 Å². The molecule has 208 valence electrons. The van der Waals surface area contributed by atoms with Gasteiger partial charge in [0.2, 0.25) is 21.8 Å². The summed E-state index contributed by atoms with van der Waals surface area (Å²) >= 11 is 0. The number of benzene rings is 2. The number of methoxy groups -OCH3 is 2. The van der Waals surface area contributed by atoms with Crippen molar-refractivity contribution in [2.45, 2.75) is 49.3 Å². The predicted octanol–water partition coefficient (Wildman–Crippen LogP) is 2.74. The predicted molar refractivity (Wildman–Crippen MR) is 132 cm³/mol. The van der Waals surface area contributed by atoms with Crippen LogP contribution in [0.5, 0.6) is 11.5 Å². The normalized spacial score (nSPS) is 15.9. The molecule has 1 aliphatic heterocycles. The fourth-order valence-electron chi connectivity index (χ4n) is 4.20. The summed E-state index contributed by atoms with van der Waals surface area (Å²) in [7, 11) is -1.15. The van der Waals surface area contributed by atoms with E-state index in [1.807, 2.05) is 0 Å². The highest BCUT2D eigenvalue weighted by Crippen LogP contribution is 2.31. The van der Waals surface area contributed by atoms with Gasteiger partial charge < -0.3 is 20.1 Å². The topological polar surface area (TPSA) is 114 Å². The number of rotatable bonds is 9. The molecule has 1 unspecified atom stereocenters. The first-order valence-electron chi connectivity index (χ1n) is 11.8. The Hall–Kier alpha value is -3.32. The number of carbonyl (C=O) groups excluding carboxylic acids is 2. The Bertz CT molecular complexity index is 1240. The Balaban J connectivity index is 1.66. The van der Waals surface area contributed by atoms with Gasteiger partial charge in [0.25, 0.3) is 0 Å². The molecule has 0 radical (unpaired) electrons. The third-order valence-electron chi connectivity index (χ3n) is 6.14. The third kappa shape index (κ3) is 7.38. The van der Waals surface area contributed by atoms with Crippen LogP contribution in [-0.2, 0) is 32.2 Å². The Morgan fingerprint density at radius 2 is 1.66 bits per heavy atom. The molecular formula is C25H30F3N3O6S. The largest absolute Gasteiger partial charge is 0.497 e. The number of ether oxygens (including phenoxy) is 2. The first-order valence-corrected chi connectivity index (χ1v) is 13.2. The van der Waals surface area contributed by atoms with Gasteiger partial charge in [0.05, 0.1) is 24.7 Å². The minimum atomic E-state index is -4.66. The lowest BCUT2D eigenvalue weighted by molar-refractivity contribution is -0.137. The number of sulfonamides is 1. The smallest absolute Gasteiger partial charge is 0.416 e. The molecule has 2 aromatic carbocycles. The van der Waals surface area contributed by atoms with Gasteiger partial charge in [-0.15, -0.1) is 0 Å². The zero-order valence-corrected chi connectivity index (χ0v) is 22.0. The molecule has 13 heteroatoms. The Morgan fingerprint density at radius 1 is 1.05 bits per heavy atom. The molecule has 1 atom stereocenters. The van der Waals surface area contributed by atoms with Crippen LogP contribution in [0.1, 0.15) is 30.9 Å². The van der Waals surface area contributed by atoms with Crippen LogP contribution in [0.3, 0.4) is 0 Å². The maximum absolute atomic E-state index is 13.1. The lowest BCUT2D eigenvalue weighted by atomic mass is 10.0. The number of alkyl halides is 3. The highest BCUT2D eigenvalue weighted by Gasteiger charge is 2.35. The van der Waals surface area contributed by atoms with Crippen LogP contribution >= 0.6 is 0 Å². The second kappa shape index (κ2) is 12.0. The molecule has 0 spiro atoms. The van der Waals surface area contributed by atoms with Gasteiger partial charge in [0, 0.05) is 38.5 Å². The van der Waals surface area contributed by atoms with Gasteiger partial charge in [-0.1, -0.05) is 6.07 Å². The van der Waals surface area contributed by atoms with E-state index in [9.17, 15) is 31.2 Å². The van der Waals surface area contributed by atoms with E-state index in [1.165, 1.54) is 21.1 Å². The summed E-state index contributed by atoms with van der Waals surface area (Å²) in [5, 5.41) is 5.49. The van der Waals surface area contributed by atoms with Crippen molar-refractivity contribution in [1.29, 1.82) is 0 Å². The SMILES string of the molecule is COc1cc(CC(NC(C)=O)C(=O)NC2CCN(S(=O)(=O)c3cccc(C(F)(F)F)c3)CC2)cc(OC)c1. The summed E-state index contributed by atoms with van der Waals surface area (Å²) in [6, 6.07) is 7.46. The summed E-state index contributed by atoms with van der Waals surface area (Å²) in [4.78, 5) is 24.4. The molecule has 2 N–H and O–H groups in total. The van der Waals surface area contributed by atoms with Gasteiger partial charge in [-0.05, 0) is 48.7 Å². The molecule has 38 heavy (non-hydrogen) atoms. The zero-order valence-electron chi connectivity index (χ0n) is 21.2. The van der Waals surface area contributed by atoms with Crippen molar-refractivity contribution in [3.63, 3.8) is 0 Å². The number of piperidine rings is 1. The molecule has 1 fully saturated rings.